The van der Waals surface area contributed by atoms with Crippen molar-refractivity contribution in [1.82, 2.24) is 5.32 Å². The first-order valence-corrected chi connectivity index (χ1v) is 8.37. The van der Waals surface area contributed by atoms with Crippen LogP contribution in [-0.4, -0.2) is 31.8 Å². The van der Waals surface area contributed by atoms with Crippen molar-refractivity contribution in [2.24, 2.45) is 0 Å². The Bertz CT molecular complexity index is 305. The maximum absolute atomic E-state index is 11.4. The van der Waals surface area contributed by atoms with Crippen LogP contribution in [-0.2, 0) is 14.3 Å². The third-order valence-electron chi connectivity index (χ3n) is 3.13. The molecule has 5 nitrogen and oxygen atoms in total. The van der Waals surface area contributed by atoms with Gasteiger partial charge in [0.1, 0.15) is 6.54 Å². The Morgan fingerprint density at radius 1 is 0.955 bits per heavy atom. The number of hydrogen-bond acceptors (Lipinski definition) is 4. The smallest absolute Gasteiger partial charge is 0.407 e. The molecule has 0 aliphatic carbocycles. The standard InChI is InChI=1S/C17H31NO4/c1-3-5-6-7-8-9-10-11-12-14-21-16(19)15-18-17(20)22-13-4-2/h3H,1,4-15H2,2H3,(H,18,20). The van der Waals surface area contributed by atoms with Crippen LogP contribution in [0, 0.1) is 0 Å². The minimum Gasteiger partial charge on any atom is -0.464 e. The SMILES string of the molecule is C=CCCCCCCCCCOC(=O)CNC(=O)OCCC. The van der Waals surface area contributed by atoms with Crippen molar-refractivity contribution >= 4 is 12.1 Å². The zero-order chi connectivity index (χ0) is 16.5. The van der Waals surface area contributed by atoms with Gasteiger partial charge in [-0.3, -0.25) is 4.79 Å². The predicted molar refractivity (Wildman–Crippen MR) is 87.7 cm³/mol. The van der Waals surface area contributed by atoms with Crippen LogP contribution in [0.1, 0.15) is 64.7 Å². The van der Waals surface area contributed by atoms with Crippen molar-refractivity contribution in [2.75, 3.05) is 19.8 Å². The van der Waals surface area contributed by atoms with E-state index in [4.69, 9.17) is 9.47 Å². The van der Waals surface area contributed by atoms with Crippen molar-refractivity contribution in [2.45, 2.75) is 64.7 Å². The number of amides is 1. The van der Waals surface area contributed by atoms with Crippen LogP contribution < -0.4 is 5.32 Å². The molecule has 0 atom stereocenters. The van der Waals surface area contributed by atoms with E-state index in [9.17, 15) is 9.59 Å². The van der Waals surface area contributed by atoms with Crippen LogP contribution >= 0.6 is 0 Å². The Kier molecular flexibility index (Phi) is 14.8. The largest absolute Gasteiger partial charge is 0.464 e. The van der Waals surface area contributed by atoms with Crippen LogP contribution in [0.5, 0.6) is 0 Å². The number of rotatable bonds is 14. The van der Waals surface area contributed by atoms with E-state index in [1.807, 2.05) is 13.0 Å². The number of unbranched alkanes of at least 4 members (excludes halogenated alkanes) is 7. The van der Waals surface area contributed by atoms with Crippen molar-refractivity contribution in [3.8, 4) is 0 Å². The summed E-state index contributed by atoms with van der Waals surface area (Å²) in [7, 11) is 0. The van der Waals surface area contributed by atoms with E-state index >= 15 is 0 Å². The average Bonchev–Trinajstić information content (AvgIpc) is 2.52. The highest BCUT2D eigenvalue weighted by molar-refractivity contribution is 5.77. The molecule has 0 aliphatic rings. The lowest BCUT2D eigenvalue weighted by atomic mass is 10.1. The molecule has 128 valence electrons. The molecule has 22 heavy (non-hydrogen) atoms. The summed E-state index contributed by atoms with van der Waals surface area (Å²) in [6.45, 7) is 6.25. The van der Waals surface area contributed by atoms with Gasteiger partial charge in [-0.05, 0) is 25.7 Å². The van der Waals surface area contributed by atoms with Gasteiger partial charge in [-0.25, -0.2) is 4.79 Å². The topological polar surface area (TPSA) is 64.6 Å². The van der Waals surface area contributed by atoms with E-state index in [1.165, 1.54) is 32.1 Å². The third-order valence-corrected chi connectivity index (χ3v) is 3.13. The second-order valence-corrected chi connectivity index (χ2v) is 5.26. The molecule has 0 spiro atoms. The number of nitrogens with one attached hydrogen (secondary N) is 1. The molecule has 0 aromatic rings. The molecule has 1 N–H and O–H groups in total. The molecular formula is C17H31NO4. The van der Waals surface area contributed by atoms with Crippen molar-refractivity contribution in [3.63, 3.8) is 0 Å². The normalized spacial score (nSPS) is 10.0. The zero-order valence-corrected chi connectivity index (χ0v) is 13.9. The van der Waals surface area contributed by atoms with Crippen molar-refractivity contribution in [1.29, 1.82) is 0 Å². The highest BCUT2D eigenvalue weighted by atomic mass is 16.6. The van der Waals surface area contributed by atoms with Crippen LogP contribution in [0.2, 0.25) is 0 Å². The molecule has 0 heterocycles. The molecule has 0 aromatic carbocycles. The van der Waals surface area contributed by atoms with Crippen LogP contribution in [0.25, 0.3) is 0 Å². The molecule has 0 bridgehead atoms. The molecule has 0 fully saturated rings. The molecule has 1 amide bonds. The Morgan fingerprint density at radius 2 is 1.59 bits per heavy atom. The molecule has 0 saturated heterocycles. The quantitative estimate of drug-likeness (QED) is 0.299. The summed E-state index contributed by atoms with van der Waals surface area (Å²) < 4.78 is 9.82. The first-order chi connectivity index (χ1) is 10.7. The molecule has 0 rings (SSSR count). The molecule has 0 aromatic heterocycles. The highest BCUT2D eigenvalue weighted by Crippen LogP contribution is 2.08. The van der Waals surface area contributed by atoms with E-state index in [-0.39, 0.29) is 6.54 Å². The van der Waals surface area contributed by atoms with E-state index < -0.39 is 12.1 Å². The lowest BCUT2D eigenvalue weighted by molar-refractivity contribution is -0.142. The lowest BCUT2D eigenvalue weighted by Crippen LogP contribution is -2.31. The number of allylic oxidation sites excluding steroid dienone is 1. The maximum Gasteiger partial charge on any atom is 0.407 e. The number of alkyl carbamates (subject to hydrolysis) is 1. The van der Waals surface area contributed by atoms with E-state index in [1.54, 1.807) is 0 Å². The molecule has 5 heteroatoms. The van der Waals surface area contributed by atoms with Crippen LogP contribution in [0.15, 0.2) is 12.7 Å². The van der Waals surface area contributed by atoms with E-state index in [0.29, 0.717) is 13.2 Å². The van der Waals surface area contributed by atoms with Gasteiger partial charge in [-0.2, -0.15) is 0 Å². The van der Waals surface area contributed by atoms with Crippen LogP contribution in [0.3, 0.4) is 0 Å². The van der Waals surface area contributed by atoms with Gasteiger partial charge in [0, 0.05) is 0 Å². The van der Waals surface area contributed by atoms with Gasteiger partial charge in [0.25, 0.3) is 0 Å². The van der Waals surface area contributed by atoms with Gasteiger partial charge in [0.2, 0.25) is 0 Å². The Morgan fingerprint density at radius 3 is 2.23 bits per heavy atom. The van der Waals surface area contributed by atoms with Gasteiger partial charge < -0.3 is 14.8 Å². The summed E-state index contributed by atoms with van der Waals surface area (Å²) in [6, 6.07) is 0. The Balaban J connectivity index is 3.28. The van der Waals surface area contributed by atoms with Crippen molar-refractivity contribution < 1.29 is 19.1 Å². The van der Waals surface area contributed by atoms with E-state index in [2.05, 4.69) is 11.9 Å². The minimum absolute atomic E-state index is 0.133. The minimum atomic E-state index is -0.574. The Hall–Kier alpha value is -1.52. The fourth-order valence-corrected chi connectivity index (χ4v) is 1.90. The Labute approximate surface area is 134 Å². The molecule has 0 unspecified atom stereocenters. The first kappa shape index (κ1) is 20.5. The summed E-state index contributed by atoms with van der Waals surface area (Å²) >= 11 is 0. The summed E-state index contributed by atoms with van der Waals surface area (Å²) in [5, 5.41) is 2.36. The fourth-order valence-electron chi connectivity index (χ4n) is 1.90. The molecular weight excluding hydrogens is 282 g/mol. The average molecular weight is 313 g/mol. The molecule has 0 aliphatic heterocycles. The number of ether oxygens (including phenoxy) is 2. The second-order valence-electron chi connectivity index (χ2n) is 5.26. The summed E-state index contributed by atoms with van der Waals surface area (Å²) in [4.78, 5) is 22.5. The summed E-state index contributed by atoms with van der Waals surface area (Å²) in [5.74, 6) is -0.419. The number of hydrogen-bond donors (Lipinski definition) is 1. The highest BCUT2D eigenvalue weighted by Gasteiger charge is 2.06. The number of carbonyl (C=O) groups excluding carboxylic acids is 2. The van der Waals surface area contributed by atoms with Gasteiger partial charge in [0.05, 0.1) is 13.2 Å². The lowest BCUT2D eigenvalue weighted by Gasteiger charge is -2.07. The second kappa shape index (κ2) is 15.9. The van der Waals surface area contributed by atoms with Gasteiger partial charge >= 0.3 is 12.1 Å². The summed E-state index contributed by atoms with van der Waals surface area (Å²) in [6.07, 6.45) is 11.4. The molecule has 0 radical (unpaired) electrons. The van der Waals surface area contributed by atoms with Gasteiger partial charge in [-0.15, -0.1) is 6.58 Å². The fraction of sp³-hybridized carbons (Fsp3) is 0.765. The first-order valence-electron chi connectivity index (χ1n) is 8.37. The molecule has 0 saturated carbocycles. The maximum atomic E-state index is 11.4. The number of carbonyl (C=O) groups is 2. The van der Waals surface area contributed by atoms with Crippen LogP contribution in [0.4, 0.5) is 4.79 Å². The van der Waals surface area contributed by atoms with Gasteiger partial charge in [-0.1, -0.05) is 45.1 Å². The van der Waals surface area contributed by atoms with Crippen molar-refractivity contribution in [3.05, 3.63) is 12.7 Å². The van der Waals surface area contributed by atoms with Gasteiger partial charge in [0.15, 0.2) is 0 Å². The number of esters is 1. The monoisotopic (exact) mass is 313 g/mol. The summed E-state index contributed by atoms with van der Waals surface area (Å²) in [5.41, 5.74) is 0. The zero-order valence-electron chi connectivity index (χ0n) is 13.9. The predicted octanol–water partition coefficient (Wildman–Crippen LogP) is 3.97. The van der Waals surface area contributed by atoms with E-state index in [0.717, 1.165) is 25.7 Å². The third kappa shape index (κ3) is 14.9.